The minimum Gasteiger partial charge on any atom is -0.484 e. The molecular weight excluding hydrogens is 381 g/mol. The summed E-state index contributed by atoms with van der Waals surface area (Å²) in [4.78, 5) is 14.9. The summed E-state index contributed by atoms with van der Waals surface area (Å²) in [5, 5.41) is -0.463. The monoisotopic (exact) mass is 403 g/mol. The van der Waals surface area contributed by atoms with Gasteiger partial charge in [0.05, 0.1) is 10.1 Å². The van der Waals surface area contributed by atoms with Gasteiger partial charge in [0.15, 0.2) is 16.4 Å². The minimum absolute atomic E-state index is 0.0773. The molecule has 2 aromatic carbocycles. The number of nitrogens with zero attached hydrogens (tertiary/aromatic N) is 1. The van der Waals surface area contributed by atoms with Crippen molar-refractivity contribution in [3.05, 3.63) is 60.4 Å². The fourth-order valence-electron chi connectivity index (χ4n) is 4.34. The summed E-state index contributed by atoms with van der Waals surface area (Å²) < 4.78 is 44.4. The van der Waals surface area contributed by atoms with Gasteiger partial charge in [0.25, 0.3) is 5.91 Å². The van der Waals surface area contributed by atoms with Crippen molar-refractivity contribution in [2.45, 2.75) is 47.9 Å². The van der Waals surface area contributed by atoms with Crippen LogP contribution in [0.3, 0.4) is 0 Å². The van der Waals surface area contributed by atoms with Crippen LogP contribution in [0.15, 0.2) is 59.5 Å². The van der Waals surface area contributed by atoms with E-state index in [0.717, 1.165) is 12.8 Å². The first-order chi connectivity index (χ1) is 13.4. The predicted octanol–water partition coefficient (Wildman–Crippen LogP) is 3.20. The van der Waals surface area contributed by atoms with E-state index in [4.69, 9.17) is 4.74 Å². The number of sulfone groups is 1. The largest absolute Gasteiger partial charge is 0.484 e. The van der Waals surface area contributed by atoms with Gasteiger partial charge in [-0.1, -0.05) is 18.2 Å². The molecule has 2 saturated heterocycles. The molecule has 2 aliphatic heterocycles. The van der Waals surface area contributed by atoms with Crippen molar-refractivity contribution < 1.29 is 22.3 Å². The Labute approximate surface area is 164 Å². The third-order valence-corrected chi connectivity index (χ3v) is 7.86. The smallest absolute Gasteiger partial charge is 0.261 e. The van der Waals surface area contributed by atoms with E-state index >= 15 is 0 Å². The van der Waals surface area contributed by atoms with Crippen LogP contribution in [0.5, 0.6) is 5.75 Å². The summed E-state index contributed by atoms with van der Waals surface area (Å²) in [5.41, 5.74) is 0. The zero-order valence-electron chi connectivity index (χ0n) is 15.3. The van der Waals surface area contributed by atoms with Crippen molar-refractivity contribution in [2.75, 3.05) is 6.61 Å². The Kier molecular flexibility index (Phi) is 5.10. The molecule has 2 aliphatic rings. The number of hydrogen-bond acceptors (Lipinski definition) is 4. The highest BCUT2D eigenvalue weighted by Crippen LogP contribution is 2.39. The second kappa shape index (κ2) is 7.54. The SMILES string of the molecule is O=C(COc1ccc(F)cc1)N1C2CCC1CC(S(=O)(=O)c1ccccc1)C2. The Morgan fingerprint density at radius 1 is 1.00 bits per heavy atom. The van der Waals surface area contributed by atoms with Gasteiger partial charge in [0.1, 0.15) is 11.6 Å². The Balaban J connectivity index is 1.42. The first kappa shape index (κ1) is 18.9. The van der Waals surface area contributed by atoms with Crippen molar-refractivity contribution in [3.8, 4) is 5.75 Å². The number of piperidine rings is 1. The molecule has 0 aliphatic carbocycles. The lowest BCUT2D eigenvalue weighted by atomic mass is 10.0. The van der Waals surface area contributed by atoms with E-state index in [1.807, 2.05) is 0 Å². The maximum atomic E-state index is 13.0. The molecule has 0 aromatic heterocycles. The Bertz CT molecular complexity index is 932. The van der Waals surface area contributed by atoms with Crippen molar-refractivity contribution in [1.29, 1.82) is 0 Å². The zero-order valence-corrected chi connectivity index (χ0v) is 16.1. The third-order valence-electron chi connectivity index (χ3n) is 5.66. The van der Waals surface area contributed by atoms with E-state index in [1.54, 1.807) is 35.2 Å². The molecule has 0 saturated carbocycles. The molecule has 0 radical (unpaired) electrons. The van der Waals surface area contributed by atoms with Gasteiger partial charge in [-0.05, 0) is 62.1 Å². The van der Waals surface area contributed by atoms with Crippen LogP contribution in [0.1, 0.15) is 25.7 Å². The molecule has 2 atom stereocenters. The van der Waals surface area contributed by atoms with Gasteiger partial charge in [-0.3, -0.25) is 4.79 Å². The van der Waals surface area contributed by atoms with Gasteiger partial charge in [0.2, 0.25) is 0 Å². The van der Waals surface area contributed by atoms with Crippen molar-refractivity contribution in [3.63, 3.8) is 0 Å². The number of carbonyl (C=O) groups is 1. The molecule has 2 aromatic rings. The number of carbonyl (C=O) groups excluding carboxylic acids is 1. The quantitative estimate of drug-likeness (QED) is 0.769. The van der Waals surface area contributed by atoms with E-state index in [1.165, 1.54) is 24.3 Å². The fourth-order valence-corrected chi connectivity index (χ4v) is 6.21. The summed E-state index contributed by atoms with van der Waals surface area (Å²) in [6, 6.07) is 13.9. The van der Waals surface area contributed by atoms with E-state index < -0.39 is 15.1 Å². The average Bonchev–Trinajstić information content (AvgIpc) is 2.97. The number of amides is 1. The predicted molar refractivity (Wildman–Crippen MR) is 102 cm³/mol. The topological polar surface area (TPSA) is 63.7 Å². The van der Waals surface area contributed by atoms with Gasteiger partial charge < -0.3 is 9.64 Å². The average molecular weight is 403 g/mol. The van der Waals surface area contributed by atoms with E-state index in [-0.39, 0.29) is 30.4 Å². The van der Waals surface area contributed by atoms with E-state index in [2.05, 4.69) is 0 Å². The molecule has 4 rings (SSSR count). The summed E-state index contributed by atoms with van der Waals surface area (Å²) in [6.07, 6.45) is 2.54. The highest BCUT2D eigenvalue weighted by molar-refractivity contribution is 7.92. The summed E-state index contributed by atoms with van der Waals surface area (Å²) in [7, 11) is -3.40. The molecule has 1 amide bonds. The maximum absolute atomic E-state index is 13.0. The third kappa shape index (κ3) is 3.63. The Morgan fingerprint density at radius 2 is 1.61 bits per heavy atom. The highest BCUT2D eigenvalue weighted by atomic mass is 32.2. The van der Waals surface area contributed by atoms with E-state index in [9.17, 15) is 17.6 Å². The highest BCUT2D eigenvalue weighted by Gasteiger charge is 2.47. The number of ether oxygens (including phenoxy) is 1. The first-order valence-corrected chi connectivity index (χ1v) is 11.0. The van der Waals surface area contributed by atoms with Crippen LogP contribution >= 0.6 is 0 Å². The van der Waals surface area contributed by atoms with Crippen LogP contribution in [0.2, 0.25) is 0 Å². The molecule has 2 fully saturated rings. The number of hydrogen-bond donors (Lipinski definition) is 0. The number of rotatable bonds is 5. The molecule has 0 N–H and O–H groups in total. The first-order valence-electron chi connectivity index (χ1n) is 9.43. The van der Waals surface area contributed by atoms with Crippen LogP contribution in [-0.2, 0) is 14.6 Å². The van der Waals surface area contributed by atoms with Crippen LogP contribution in [-0.4, -0.2) is 43.2 Å². The maximum Gasteiger partial charge on any atom is 0.261 e. The lowest BCUT2D eigenvalue weighted by Crippen LogP contribution is -2.51. The Hall–Kier alpha value is -2.41. The zero-order chi connectivity index (χ0) is 19.7. The van der Waals surface area contributed by atoms with Crippen LogP contribution in [0.4, 0.5) is 4.39 Å². The van der Waals surface area contributed by atoms with Crippen molar-refractivity contribution >= 4 is 15.7 Å². The standard InChI is InChI=1S/C21H22FNO4S/c22-15-6-10-18(11-7-15)27-14-21(24)23-16-8-9-17(23)13-20(12-16)28(25,26)19-4-2-1-3-5-19/h1-7,10-11,16-17,20H,8-9,12-14H2. The van der Waals surface area contributed by atoms with Crippen LogP contribution in [0, 0.1) is 5.82 Å². The number of fused-ring (bicyclic) bond motifs is 2. The number of halogens is 1. The van der Waals surface area contributed by atoms with Crippen LogP contribution in [0.25, 0.3) is 0 Å². The summed E-state index contributed by atoms with van der Waals surface area (Å²) in [6.45, 7) is -0.130. The summed E-state index contributed by atoms with van der Waals surface area (Å²) >= 11 is 0. The lowest BCUT2D eigenvalue weighted by molar-refractivity contribution is -0.137. The summed E-state index contributed by atoms with van der Waals surface area (Å²) in [5.74, 6) is -0.0746. The van der Waals surface area contributed by atoms with Gasteiger partial charge in [-0.15, -0.1) is 0 Å². The van der Waals surface area contributed by atoms with Gasteiger partial charge >= 0.3 is 0 Å². The van der Waals surface area contributed by atoms with Gasteiger partial charge in [-0.2, -0.15) is 0 Å². The molecule has 2 bridgehead atoms. The minimum atomic E-state index is -3.40. The van der Waals surface area contributed by atoms with Gasteiger partial charge in [-0.25, -0.2) is 12.8 Å². The van der Waals surface area contributed by atoms with Crippen LogP contribution < -0.4 is 4.74 Å². The molecule has 7 heteroatoms. The second-order valence-electron chi connectivity index (χ2n) is 7.38. The molecule has 5 nitrogen and oxygen atoms in total. The van der Waals surface area contributed by atoms with Gasteiger partial charge in [0, 0.05) is 12.1 Å². The van der Waals surface area contributed by atoms with E-state index in [0.29, 0.717) is 23.5 Å². The molecule has 148 valence electrons. The molecule has 28 heavy (non-hydrogen) atoms. The molecule has 2 heterocycles. The van der Waals surface area contributed by atoms with Crippen molar-refractivity contribution in [1.82, 2.24) is 4.90 Å². The fraction of sp³-hybridized carbons (Fsp3) is 0.381. The lowest BCUT2D eigenvalue weighted by Gasteiger charge is -2.38. The normalized spacial score (nSPS) is 24.2. The molecule has 0 spiro atoms. The number of benzene rings is 2. The van der Waals surface area contributed by atoms with Crippen molar-refractivity contribution in [2.24, 2.45) is 0 Å². The molecular formula is C21H22FNO4S. The Morgan fingerprint density at radius 3 is 2.21 bits per heavy atom. The molecule has 2 unspecified atom stereocenters. The second-order valence-corrected chi connectivity index (χ2v) is 9.61.